The van der Waals surface area contributed by atoms with Crippen LogP contribution in [0, 0.1) is 0 Å². The second-order valence-electron chi connectivity index (χ2n) is 4.15. The summed E-state index contributed by atoms with van der Waals surface area (Å²) >= 11 is 1.56. The van der Waals surface area contributed by atoms with Crippen LogP contribution in [0.15, 0.2) is 22.8 Å². The lowest BCUT2D eigenvalue weighted by atomic mass is 10.2. The number of thioether (sulfide) groups is 1. The molecule has 1 amide bonds. The highest BCUT2D eigenvalue weighted by Crippen LogP contribution is 2.04. The first-order chi connectivity index (χ1) is 9.48. The van der Waals surface area contributed by atoms with E-state index in [1.165, 1.54) is 13.2 Å². The maximum atomic E-state index is 12.0. The van der Waals surface area contributed by atoms with Gasteiger partial charge >= 0.3 is 0 Å². The highest BCUT2D eigenvalue weighted by atomic mass is 32.2. The molecule has 1 unspecified atom stereocenters. The van der Waals surface area contributed by atoms with Crippen LogP contribution in [0.25, 0.3) is 0 Å². The largest absolute Gasteiger partial charge is 0.467 e. The van der Waals surface area contributed by atoms with Crippen molar-refractivity contribution in [3.05, 3.63) is 24.2 Å². The van der Waals surface area contributed by atoms with E-state index in [0.29, 0.717) is 17.9 Å². The van der Waals surface area contributed by atoms with Crippen molar-refractivity contribution in [2.75, 3.05) is 17.8 Å². The molecular formula is C12H20N2O4S2. The summed E-state index contributed by atoms with van der Waals surface area (Å²) in [5.41, 5.74) is 0. The van der Waals surface area contributed by atoms with Crippen LogP contribution in [0.4, 0.5) is 0 Å². The Labute approximate surface area is 123 Å². The van der Waals surface area contributed by atoms with Gasteiger partial charge in [-0.05, 0) is 37.5 Å². The second-order valence-corrected chi connectivity index (χ2v) is 7.18. The molecule has 0 bridgehead atoms. The highest BCUT2D eigenvalue weighted by Gasteiger charge is 2.22. The molecule has 6 nitrogen and oxygen atoms in total. The molecular weight excluding hydrogens is 300 g/mol. The van der Waals surface area contributed by atoms with E-state index in [9.17, 15) is 13.2 Å². The third kappa shape index (κ3) is 5.98. The molecule has 1 aromatic rings. The maximum Gasteiger partial charge on any atom is 0.238 e. The van der Waals surface area contributed by atoms with Gasteiger partial charge in [-0.15, -0.1) is 0 Å². The number of rotatable bonds is 9. The van der Waals surface area contributed by atoms with Gasteiger partial charge in [0, 0.05) is 0 Å². The number of furan rings is 1. The molecule has 0 aliphatic heterocycles. The Bertz CT molecular complexity index is 500. The van der Waals surface area contributed by atoms with E-state index in [-0.39, 0.29) is 18.2 Å². The molecule has 1 rings (SSSR count). The minimum absolute atomic E-state index is 0.0474. The predicted octanol–water partition coefficient (Wildman–Crippen LogP) is 0.957. The summed E-state index contributed by atoms with van der Waals surface area (Å²) < 4.78 is 30.7. The van der Waals surface area contributed by atoms with E-state index >= 15 is 0 Å². The number of carbonyl (C=O) groups excluding carboxylic acids is 1. The normalized spacial score (nSPS) is 13.1. The predicted molar refractivity (Wildman–Crippen MR) is 79.9 cm³/mol. The zero-order valence-corrected chi connectivity index (χ0v) is 13.2. The topological polar surface area (TPSA) is 88.4 Å². The molecule has 0 fully saturated rings. The van der Waals surface area contributed by atoms with E-state index in [4.69, 9.17) is 4.42 Å². The Balaban J connectivity index is 2.59. The van der Waals surface area contributed by atoms with Crippen LogP contribution in [0.5, 0.6) is 0 Å². The van der Waals surface area contributed by atoms with E-state index in [1.807, 2.05) is 6.26 Å². The first kappa shape index (κ1) is 17.1. The van der Waals surface area contributed by atoms with Gasteiger partial charge in [-0.3, -0.25) is 4.79 Å². The summed E-state index contributed by atoms with van der Waals surface area (Å²) in [4.78, 5) is 12.0. The molecule has 0 aliphatic carbocycles. The molecule has 114 valence electrons. The van der Waals surface area contributed by atoms with Gasteiger partial charge < -0.3 is 9.73 Å². The number of carbonyl (C=O) groups is 1. The standard InChI is InChI=1S/C12H20N2O4S2/c1-3-20(16,17)14-11(6-8-19-2)12(15)13-9-10-5-4-7-18-10/h4-5,7,11,14H,3,6,8-9H2,1-2H3,(H,13,15). The fourth-order valence-electron chi connectivity index (χ4n) is 1.49. The Hall–Kier alpha value is -0.990. The maximum absolute atomic E-state index is 12.0. The molecule has 0 aromatic carbocycles. The van der Waals surface area contributed by atoms with Crippen LogP contribution >= 0.6 is 11.8 Å². The van der Waals surface area contributed by atoms with Gasteiger partial charge in [-0.25, -0.2) is 13.1 Å². The molecule has 1 aromatic heterocycles. The van der Waals surface area contributed by atoms with Crippen LogP contribution in [0.2, 0.25) is 0 Å². The molecule has 1 atom stereocenters. The fraction of sp³-hybridized carbons (Fsp3) is 0.583. The number of nitrogens with one attached hydrogen (secondary N) is 2. The third-order valence-electron chi connectivity index (χ3n) is 2.65. The molecule has 2 N–H and O–H groups in total. The van der Waals surface area contributed by atoms with Crippen molar-refractivity contribution in [1.29, 1.82) is 0 Å². The Morgan fingerprint density at radius 1 is 1.50 bits per heavy atom. The SMILES string of the molecule is CCS(=O)(=O)NC(CCSC)C(=O)NCc1ccco1. The Morgan fingerprint density at radius 3 is 2.80 bits per heavy atom. The summed E-state index contributed by atoms with van der Waals surface area (Å²) in [7, 11) is -3.41. The van der Waals surface area contributed by atoms with Gasteiger partial charge in [0.2, 0.25) is 15.9 Å². The van der Waals surface area contributed by atoms with E-state index in [1.54, 1.807) is 23.9 Å². The number of hydrogen-bond acceptors (Lipinski definition) is 5. The molecule has 8 heteroatoms. The van der Waals surface area contributed by atoms with Crippen molar-refractivity contribution >= 4 is 27.7 Å². The second kappa shape index (κ2) is 8.33. The number of sulfonamides is 1. The number of hydrogen-bond donors (Lipinski definition) is 2. The first-order valence-corrected chi connectivity index (χ1v) is 9.32. The summed E-state index contributed by atoms with van der Waals surface area (Å²) in [5.74, 6) is 0.937. The average Bonchev–Trinajstić information content (AvgIpc) is 2.94. The zero-order valence-electron chi connectivity index (χ0n) is 11.6. The van der Waals surface area contributed by atoms with E-state index in [2.05, 4.69) is 10.0 Å². The van der Waals surface area contributed by atoms with Crippen molar-refractivity contribution in [2.45, 2.75) is 25.9 Å². The minimum Gasteiger partial charge on any atom is -0.467 e. The van der Waals surface area contributed by atoms with Crippen LogP contribution in [-0.4, -0.2) is 38.1 Å². The number of amides is 1. The van der Waals surface area contributed by atoms with Crippen molar-refractivity contribution in [1.82, 2.24) is 10.0 Å². The molecule has 0 saturated carbocycles. The van der Waals surface area contributed by atoms with Crippen molar-refractivity contribution in [2.24, 2.45) is 0 Å². The fourth-order valence-corrected chi connectivity index (χ4v) is 2.79. The van der Waals surface area contributed by atoms with Crippen molar-refractivity contribution in [3.8, 4) is 0 Å². The average molecular weight is 320 g/mol. The summed E-state index contributed by atoms with van der Waals surface area (Å²) in [6.45, 7) is 1.78. The van der Waals surface area contributed by atoms with Crippen LogP contribution in [0.3, 0.4) is 0 Å². The Kier molecular flexibility index (Phi) is 7.11. The third-order valence-corrected chi connectivity index (χ3v) is 4.69. The van der Waals surface area contributed by atoms with Crippen LogP contribution in [0.1, 0.15) is 19.1 Å². The van der Waals surface area contributed by atoms with E-state index in [0.717, 1.165) is 0 Å². The van der Waals surface area contributed by atoms with Gasteiger partial charge in [0.05, 0.1) is 18.6 Å². The lowest BCUT2D eigenvalue weighted by Gasteiger charge is -2.17. The molecule has 0 spiro atoms. The Morgan fingerprint density at radius 2 is 2.25 bits per heavy atom. The van der Waals surface area contributed by atoms with E-state index < -0.39 is 16.1 Å². The molecule has 1 heterocycles. The summed E-state index contributed by atoms with van der Waals surface area (Å²) in [5, 5.41) is 2.67. The summed E-state index contributed by atoms with van der Waals surface area (Å²) in [6, 6.07) is 2.72. The lowest BCUT2D eigenvalue weighted by Crippen LogP contribution is -2.47. The molecule has 20 heavy (non-hydrogen) atoms. The highest BCUT2D eigenvalue weighted by molar-refractivity contribution is 7.98. The monoisotopic (exact) mass is 320 g/mol. The lowest BCUT2D eigenvalue weighted by molar-refractivity contribution is -0.123. The van der Waals surface area contributed by atoms with Gasteiger partial charge in [0.15, 0.2) is 0 Å². The smallest absolute Gasteiger partial charge is 0.238 e. The van der Waals surface area contributed by atoms with Gasteiger partial charge in [-0.2, -0.15) is 11.8 Å². The van der Waals surface area contributed by atoms with Gasteiger partial charge in [0.1, 0.15) is 11.8 Å². The summed E-state index contributed by atoms with van der Waals surface area (Å²) in [6.07, 6.45) is 3.88. The van der Waals surface area contributed by atoms with Crippen molar-refractivity contribution < 1.29 is 17.6 Å². The van der Waals surface area contributed by atoms with Gasteiger partial charge in [-0.1, -0.05) is 0 Å². The molecule has 0 aliphatic rings. The van der Waals surface area contributed by atoms with Crippen LogP contribution in [-0.2, 0) is 21.4 Å². The quantitative estimate of drug-likeness (QED) is 0.707. The minimum atomic E-state index is -3.41. The van der Waals surface area contributed by atoms with Crippen molar-refractivity contribution in [3.63, 3.8) is 0 Å². The zero-order chi connectivity index (χ0) is 15.0. The van der Waals surface area contributed by atoms with Crippen LogP contribution < -0.4 is 10.0 Å². The first-order valence-electron chi connectivity index (χ1n) is 6.27. The molecule has 0 saturated heterocycles. The molecule has 0 radical (unpaired) electrons. The van der Waals surface area contributed by atoms with Gasteiger partial charge in [0.25, 0.3) is 0 Å².